The number of ketones is 2. The molecule has 0 radical (unpaired) electrons. The van der Waals surface area contributed by atoms with Crippen LogP contribution < -0.4 is 15.2 Å². The number of nitrogens with two attached hydrogens (primary N) is 1. The van der Waals surface area contributed by atoms with Crippen molar-refractivity contribution >= 4 is 23.4 Å². The molecule has 1 atom stereocenters. The quantitative estimate of drug-likeness (QED) is 0.128. The highest BCUT2D eigenvalue weighted by atomic mass is 19.3. The molecule has 48 heavy (non-hydrogen) atoms. The highest BCUT2D eigenvalue weighted by molar-refractivity contribution is 6.49. The van der Waals surface area contributed by atoms with Gasteiger partial charge in [0.15, 0.2) is 11.5 Å². The van der Waals surface area contributed by atoms with E-state index in [0.29, 0.717) is 24.3 Å². The lowest BCUT2D eigenvalue weighted by molar-refractivity contribution is -0.129. The minimum Gasteiger partial charge on any atom is -0.435 e. The van der Waals surface area contributed by atoms with E-state index in [-0.39, 0.29) is 34.1 Å². The van der Waals surface area contributed by atoms with Gasteiger partial charge in [-0.3, -0.25) is 19.3 Å². The Balaban J connectivity index is 0.000000220. The van der Waals surface area contributed by atoms with Crippen molar-refractivity contribution < 1.29 is 59.0 Å². The number of benzene rings is 4. The van der Waals surface area contributed by atoms with Crippen LogP contribution in [-0.2, 0) is 10.3 Å². The predicted molar refractivity (Wildman–Crippen MR) is 153 cm³/mol. The number of amides is 1. The van der Waals surface area contributed by atoms with E-state index in [9.17, 15) is 49.5 Å². The van der Waals surface area contributed by atoms with Crippen molar-refractivity contribution in [2.45, 2.75) is 18.8 Å². The molecule has 16 heteroatoms. The second-order valence-electron chi connectivity index (χ2n) is 9.83. The molecular weight excluding hydrogens is 658 g/mol. The summed E-state index contributed by atoms with van der Waals surface area (Å²) in [5, 5.41) is 0. The van der Waals surface area contributed by atoms with Crippen molar-refractivity contribution in [2.24, 2.45) is 10.7 Å². The van der Waals surface area contributed by atoms with E-state index < -0.39 is 65.1 Å². The molecule has 0 aliphatic carbocycles. The second kappa shape index (κ2) is 14.3. The van der Waals surface area contributed by atoms with Gasteiger partial charge in [-0.25, -0.2) is 22.6 Å². The third-order valence-electron chi connectivity index (χ3n) is 6.65. The maximum Gasteiger partial charge on any atom is 0.387 e. The van der Waals surface area contributed by atoms with Gasteiger partial charge >= 0.3 is 13.2 Å². The molecule has 0 bridgehead atoms. The van der Waals surface area contributed by atoms with E-state index in [1.54, 1.807) is 0 Å². The van der Waals surface area contributed by atoms with Gasteiger partial charge in [-0.05, 0) is 59.7 Å². The van der Waals surface area contributed by atoms with E-state index in [4.69, 9.17) is 5.73 Å². The maximum atomic E-state index is 13.8. The van der Waals surface area contributed by atoms with Gasteiger partial charge < -0.3 is 15.2 Å². The Labute approximate surface area is 266 Å². The van der Waals surface area contributed by atoms with Crippen LogP contribution in [0.1, 0.15) is 31.8 Å². The zero-order chi connectivity index (χ0) is 35.3. The van der Waals surface area contributed by atoms with Crippen LogP contribution in [0, 0.1) is 23.3 Å². The van der Waals surface area contributed by atoms with Crippen LogP contribution in [0.5, 0.6) is 11.5 Å². The average molecular weight is 680 g/mol. The first kappa shape index (κ1) is 35.1. The fraction of sp³-hybridized carbons (Fsp3) is 0.125. The van der Waals surface area contributed by atoms with E-state index in [2.05, 4.69) is 14.5 Å². The number of rotatable bonds is 9. The van der Waals surface area contributed by atoms with Gasteiger partial charge in [0.2, 0.25) is 11.6 Å². The molecule has 1 amide bonds. The zero-order valence-electron chi connectivity index (χ0n) is 24.3. The molecule has 0 spiro atoms. The Kier molecular flexibility index (Phi) is 10.5. The predicted octanol–water partition coefficient (Wildman–Crippen LogP) is 6.23. The van der Waals surface area contributed by atoms with Crippen LogP contribution in [-0.4, -0.2) is 48.6 Å². The number of hydrogen-bond acceptors (Lipinski definition) is 7. The molecule has 1 aliphatic rings. The molecule has 0 saturated carbocycles. The van der Waals surface area contributed by atoms with Crippen molar-refractivity contribution in [1.29, 1.82) is 0 Å². The first-order valence-electron chi connectivity index (χ1n) is 13.4. The lowest BCUT2D eigenvalue weighted by Gasteiger charge is -2.26. The normalized spacial score (nSPS) is 15.6. The molecule has 2 N–H and O–H groups in total. The second-order valence-corrected chi connectivity index (χ2v) is 9.83. The van der Waals surface area contributed by atoms with Crippen molar-refractivity contribution in [3.05, 3.63) is 130 Å². The molecule has 8 nitrogen and oxygen atoms in total. The summed E-state index contributed by atoms with van der Waals surface area (Å²) in [5.41, 5.74) is 3.08. The molecule has 0 fully saturated rings. The van der Waals surface area contributed by atoms with Gasteiger partial charge in [0.05, 0.1) is 0 Å². The number of carbonyl (C=O) groups is 3. The van der Waals surface area contributed by atoms with Crippen LogP contribution in [0.3, 0.4) is 0 Å². The number of likely N-dealkylation sites (N-methyl/N-ethyl adjacent to an activating group) is 1. The lowest BCUT2D eigenvalue weighted by atomic mass is 9.82. The summed E-state index contributed by atoms with van der Waals surface area (Å²) in [5.74, 6) is -7.52. The number of aliphatic imine (C=N–C) groups is 1. The van der Waals surface area contributed by atoms with Crippen LogP contribution in [0.2, 0.25) is 0 Å². The van der Waals surface area contributed by atoms with Crippen molar-refractivity contribution in [3.63, 3.8) is 0 Å². The summed E-state index contributed by atoms with van der Waals surface area (Å²) in [4.78, 5) is 41.9. The topological polar surface area (TPSA) is 111 Å². The first-order valence-corrected chi connectivity index (χ1v) is 13.4. The van der Waals surface area contributed by atoms with E-state index in [1.807, 2.05) is 0 Å². The van der Waals surface area contributed by atoms with Crippen molar-refractivity contribution in [3.8, 4) is 11.5 Å². The molecule has 0 aromatic heterocycles. The largest absolute Gasteiger partial charge is 0.435 e. The van der Waals surface area contributed by atoms with E-state index in [0.717, 1.165) is 29.2 Å². The van der Waals surface area contributed by atoms with E-state index >= 15 is 0 Å². The highest BCUT2D eigenvalue weighted by Crippen LogP contribution is 2.41. The number of nitrogens with zero attached hydrogens (tertiary/aromatic N) is 2. The Morgan fingerprint density at radius 1 is 0.688 bits per heavy atom. The molecule has 4 aromatic carbocycles. The summed E-state index contributed by atoms with van der Waals surface area (Å²) in [6, 6.07) is 14.3. The van der Waals surface area contributed by atoms with Crippen LogP contribution in [0.25, 0.3) is 0 Å². The van der Waals surface area contributed by atoms with Crippen LogP contribution in [0.15, 0.2) is 89.9 Å². The molecule has 1 heterocycles. The number of guanidine groups is 1. The summed E-state index contributed by atoms with van der Waals surface area (Å²) in [6.45, 7) is -6.17. The van der Waals surface area contributed by atoms with Crippen LogP contribution in [0.4, 0.5) is 35.1 Å². The Hall–Kier alpha value is -5.80. The molecular formula is C32H21F8N3O5. The number of ether oxygens (including phenoxy) is 2. The molecule has 1 aliphatic heterocycles. The Morgan fingerprint density at radius 3 is 1.67 bits per heavy atom. The SMILES string of the molecule is CN1C(=O)C(c2cc(F)cc(F)c2)(c2cccc(OC(F)F)c2)N=C1N.O=C(C(=O)c1cccc(OC(F)F)c1)c1cc(F)cc(F)c1. The molecule has 0 saturated heterocycles. The lowest BCUT2D eigenvalue weighted by Crippen LogP contribution is -2.41. The van der Waals surface area contributed by atoms with Gasteiger partial charge in [0.1, 0.15) is 34.8 Å². The Bertz CT molecular complexity index is 1870. The molecule has 4 aromatic rings. The van der Waals surface area contributed by atoms with Gasteiger partial charge in [0, 0.05) is 30.3 Å². The van der Waals surface area contributed by atoms with Crippen molar-refractivity contribution in [1.82, 2.24) is 4.90 Å². The molecule has 1 unspecified atom stereocenters. The number of halogens is 8. The van der Waals surface area contributed by atoms with Gasteiger partial charge in [0.25, 0.3) is 5.91 Å². The third kappa shape index (κ3) is 7.76. The average Bonchev–Trinajstić information content (AvgIpc) is 3.24. The highest BCUT2D eigenvalue weighted by Gasteiger charge is 2.50. The monoisotopic (exact) mass is 679 g/mol. The standard InChI is InChI=1S/C17H13F4N3O2.C15H8F4O3/c1-24-14(25)17(23-16(24)22,10-5-11(18)8-12(19)6-10)9-3-2-4-13(7-9)26-15(20)21;16-10-4-9(5-11(17)7-10)14(21)13(20)8-2-1-3-12(6-8)22-15(18)19/h2-8,15H,1H3,(H2,22,23);1-7,15H. The van der Waals surface area contributed by atoms with Gasteiger partial charge in [-0.1, -0.05) is 24.3 Å². The number of alkyl halides is 4. The summed E-state index contributed by atoms with van der Waals surface area (Å²) >= 11 is 0. The zero-order valence-corrected chi connectivity index (χ0v) is 24.3. The summed E-state index contributed by atoms with van der Waals surface area (Å²) in [6.07, 6.45) is 0. The maximum absolute atomic E-state index is 13.8. The number of hydrogen-bond donors (Lipinski definition) is 1. The van der Waals surface area contributed by atoms with Crippen molar-refractivity contribution in [2.75, 3.05) is 7.05 Å². The third-order valence-corrected chi connectivity index (χ3v) is 6.65. The number of Topliss-reactive ketones (excluding diaryl/α,β-unsaturated/α-hetero) is 2. The minimum atomic E-state index is -3.08. The van der Waals surface area contributed by atoms with E-state index in [1.165, 1.54) is 43.4 Å². The number of carbonyl (C=O) groups excluding carboxylic acids is 3. The van der Waals surface area contributed by atoms with Gasteiger partial charge in [-0.15, -0.1) is 0 Å². The smallest absolute Gasteiger partial charge is 0.387 e. The summed E-state index contributed by atoms with van der Waals surface area (Å²) in [7, 11) is 1.35. The van der Waals surface area contributed by atoms with Gasteiger partial charge in [-0.2, -0.15) is 17.6 Å². The molecule has 5 rings (SSSR count). The molecule has 250 valence electrons. The fourth-order valence-electron chi connectivity index (χ4n) is 4.60. The summed E-state index contributed by atoms with van der Waals surface area (Å²) < 4.78 is 111. The Morgan fingerprint density at radius 2 is 1.17 bits per heavy atom. The fourth-order valence-corrected chi connectivity index (χ4v) is 4.60. The van der Waals surface area contributed by atoms with Crippen LogP contribution >= 0.6 is 0 Å². The first-order chi connectivity index (χ1) is 22.6. The minimum absolute atomic E-state index is 0.0814.